The Bertz CT molecular complexity index is 911. The van der Waals surface area contributed by atoms with Gasteiger partial charge in [0.15, 0.2) is 0 Å². The van der Waals surface area contributed by atoms with E-state index in [4.69, 9.17) is 17.3 Å². The third-order valence-electron chi connectivity index (χ3n) is 5.60. The molecule has 4 N–H and O–H groups in total. The third kappa shape index (κ3) is 5.61. The Morgan fingerprint density at radius 2 is 1.53 bits per heavy atom. The summed E-state index contributed by atoms with van der Waals surface area (Å²) >= 11 is 6.27. The van der Waals surface area contributed by atoms with Gasteiger partial charge in [0.2, 0.25) is 0 Å². The van der Waals surface area contributed by atoms with E-state index >= 15 is 0 Å². The molecule has 5 nitrogen and oxygen atoms in total. The van der Waals surface area contributed by atoms with Crippen molar-refractivity contribution >= 4 is 29.1 Å². The largest absolute Gasteiger partial charge is 0.349 e. The maximum absolute atomic E-state index is 12.7. The predicted octanol–water partition coefficient (Wildman–Crippen LogP) is 4.89. The molecule has 6 heteroatoms. The van der Waals surface area contributed by atoms with Crippen LogP contribution in [0.2, 0.25) is 5.02 Å². The average Bonchev–Trinajstić information content (AvgIpc) is 2.70. The van der Waals surface area contributed by atoms with Gasteiger partial charge in [0.1, 0.15) is 0 Å². The smallest absolute Gasteiger partial charge is 0.255 e. The van der Waals surface area contributed by atoms with E-state index in [1.165, 1.54) is 0 Å². The monoisotopic (exact) mass is 427 g/mol. The van der Waals surface area contributed by atoms with Gasteiger partial charge in [-0.25, -0.2) is 0 Å². The minimum atomic E-state index is -0.267. The molecular formula is C24H30ClN3O2. The van der Waals surface area contributed by atoms with E-state index in [1.54, 1.807) is 30.3 Å². The van der Waals surface area contributed by atoms with Crippen molar-refractivity contribution in [3.8, 4) is 0 Å². The predicted molar refractivity (Wildman–Crippen MR) is 122 cm³/mol. The van der Waals surface area contributed by atoms with E-state index in [9.17, 15) is 9.59 Å². The second-order valence-electron chi connectivity index (χ2n) is 9.06. The van der Waals surface area contributed by atoms with Crippen LogP contribution in [-0.2, 0) is 5.41 Å². The number of rotatable bonds is 4. The van der Waals surface area contributed by atoms with Crippen molar-refractivity contribution < 1.29 is 9.59 Å². The van der Waals surface area contributed by atoms with Crippen molar-refractivity contribution in [1.82, 2.24) is 5.32 Å². The zero-order valence-corrected chi connectivity index (χ0v) is 18.6. The van der Waals surface area contributed by atoms with Crippen LogP contribution in [0.15, 0.2) is 42.5 Å². The standard InChI is InChI=1S/C24H30ClN3O2/c1-24(2,3)17-7-4-15(5-8-17)22(29)28-21-14-16(6-13-20(21)25)23(30)27-19-11-9-18(26)10-12-19/h4-8,13-14,18-19H,9-12,26H2,1-3H3,(H,27,30)(H,28,29). The Balaban J connectivity index is 1.69. The lowest BCUT2D eigenvalue weighted by molar-refractivity contribution is 0.0925. The summed E-state index contributed by atoms with van der Waals surface area (Å²) in [6, 6.07) is 12.8. The highest BCUT2D eigenvalue weighted by molar-refractivity contribution is 6.34. The topological polar surface area (TPSA) is 84.2 Å². The van der Waals surface area contributed by atoms with E-state index in [-0.39, 0.29) is 29.3 Å². The molecule has 0 bridgehead atoms. The van der Waals surface area contributed by atoms with Crippen molar-refractivity contribution in [2.45, 2.75) is 64.0 Å². The molecule has 0 unspecified atom stereocenters. The molecule has 2 amide bonds. The van der Waals surface area contributed by atoms with Crippen molar-refractivity contribution in [2.24, 2.45) is 5.73 Å². The fourth-order valence-electron chi connectivity index (χ4n) is 3.61. The highest BCUT2D eigenvalue weighted by Gasteiger charge is 2.21. The van der Waals surface area contributed by atoms with Crippen molar-refractivity contribution in [3.63, 3.8) is 0 Å². The van der Waals surface area contributed by atoms with E-state index in [2.05, 4.69) is 31.4 Å². The number of nitrogens with two attached hydrogens (primary N) is 1. The number of carbonyl (C=O) groups is 2. The first kappa shape index (κ1) is 22.3. The van der Waals surface area contributed by atoms with Crippen LogP contribution in [0.4, 0.5) is 5.69 Å². The molecule has 0 heterocycles. The Morgan fingerprint density at radius 1 is 0.933 bits per heavy atom. The molecule has 1 aliphatic carbocycles. The van der Waals surface area contributed by atoms with Crippen LogP contribution >= 0.6 is 11.6 Å². The van der Waals surface area contributed by atoms with Gasteiger partial charge in [-0.3, -0.25) is 9.59 Å². The van der Waals surface area contributed by atoms with Gasteiger partial charge in [0.05, 0.1) is 10.7 Å². The van der Waals surface area contributed by atoms with Crippen molar-refractivity contribution in [3.05, 3.63) is 64.2 Å². The van der Waals surface area contributed by atoms with Crippen LogP contribution in [0.1, 0.15) is 72.7 Å². The molecule has 30 heavy (non-hydrogen) atoms. The molecule has 0 spiro atoms. The first-order chi connectivity index (χ1) is 14.1. The van der Waals surface area contributed by atoms with E-state index in [0.717, 1.165) is 31.2 Å². The minimum Gasteiger partial charge on any atom is -0.349 e. The molecule has 0 radical (unpaired) electrons. The molecule has 0 saturated heterocycles. The molecule has 1 aliphatic rings. The van der Waals surface area contributed by atoms with Crippen LogP contribution in [0.5, 0.6) is 0 Å². The fourth-order valence-corrected chi connectivity index (χ4v) is 3.78. The molecule has 160 valence electrons. The van der Waals surface area contributed by atoms with Crippen LogP contribution < -0.4 is 16.4 Å². The maximum Gasteiger partial charge on any atom is 0.255 e. The Labute approximate surface area is 183 Å². The van der Waals surface area contributed by atoms with Crippen LogP contribution in [0.3, 0.4) is 0 Å². The van der Waals surface area contributed by atoms with Crippen molar-refractivity contribution in [2.75, 3.05) is 5.32 Å². The molecule has 2 aromatic rings. The van der Waals surface area contributed by atoms with Gasteiger partial charge in [-0.15, -0.1) is 0 Å². The lowest BCUT2D eigenvalue weighted by Crippen LogP contribution is -2.40. The van der Waals surface area contributed by atoms with Gasteiger partial charge < -0.3 is 16.4 Å². The number of benzene rings is 2. The zero-order chi connectivity index (χ0) is 21.9. The summed E-state index contributed by atoms with van der Waals surface area (Å²) in [6.07, 6.45) is 3.60. The van der Waals surface area contributed by atoms with Gasteiger partial charge in [0, 0.05) is 23.2 Å². The summed E-state index contributed by atoms with van der Waals surface area (Å²) in [5.41, 5.74) is 8.52. The molecule has 0 aliphatic heterocycles. The van der Waals surface area contributed by atoms with E-state index < -0.39 is 0 Å². The van der Waals surface area contributed by atoms with Gasteiger partial charge in [-0.1, -0.05) is 44.5 Å². The summed E-state index contributed by atoms with van der Waals surface area (Å²) in [4.78, 5) is 25.3. The van der Waals surface area contributed by atoms with Crippen LogP contribution in [0, 0.1) is 0 Å². The van der Waals surface area contributed by atoms with Crippen molar-refractivity contribution in [1.29, 1.82) is 0 Å². The molecule has 0 aromatic heterocycles. The zero-order valence-electron chi connectivity index (χ0n) is 17.8. The number of amides is 2. The number of hydrogen-bond donors (Lipinski definition) is 3. The second-order valence-corrected chi connectivity index (χ2v) is 9.47. The van der Waals surface area contributed by atoms with Crippen LogP contribution in [0.25, 0.3) is 0 Å². The Morgan fingerprint density at radius 3 is 2.13 bits per heavy atom. The molecular weight excluding hydrogens is 398 g/mol. The maximum atomic E-state index is 12.7. The number of halogens is 1. The highest BCUT2D eigenvalue weighted by Crippen LogP contribution is 2.26. The Kier molecular flexibility index (Phi) is 6.84. The molecule has 1 saturated carbocycles. The molecule has 3 rings (SSSR count). The highest BCUT2D eigenvalue weighted by atomic mass is 35.5. The van der Waals surface area contributed by atoms with Gasteiger partial charge >= 0.3 is 0 Å². The quantitative estimate of drug-likeness (QED) is 0.649. The van der Waals surface area contributed by atoms with Crippen LogP contribution in [-0.4, -0.2) is 23.9 Å². The lowest BCUT2D eigenvalue weighted by Gasteiger charge is -2.26. The summed E-state index contributed by atoms with van der Waals surface area (Å²) in [5.74, 6) is -0.437. The fraction of sp³-hybridized carbons (Fsp3) is 0.417. The third-order valence-corrected chi connectivity index (χ3v) is 5.93. The first-order valence-corrected chi connectivity index (χ1v) is 10.8. The first-order valence-electron chi connectivity index (χ1n) is 10.4. The molecule has 2 aromatic carbocycles. The number of hydrogen-bond acceptors (Lipinski definition) is 3. The summed E-state index contributed by atoms with van der Waals surface area (Å²) < 4.78 is 0. The number of carbonyl (C=O) groups excluding carboxylic acids is 2. The summed E-state index contributed by atoms with van der Waals surface area (Å²) in [7, 11) is 0. The molecule has 1 fully saturated rings. The van der Waals surface area contributed by atoms with E-state index in [0.29, 0.717) is 21.8 Å². The summed E-state index contributed by atoms with van der Waals surface area (Å²) in [6.45, 7) is 6.38. The van der Waals surface area contributed by atoms with E-state index in [1.807, 2.05) is 12.1 Å². The van der Waals surface area contributed by atoms with Gasteiger partial charge in [-0.2, -0.15) is 0 Å². The lowest BCUT2D eigenvalue weighted by atomic mass is 9.87. The van der Waals surface area contributed by atoms with Gasteiger partial charge in [-0.05, 0) is 67.0 Å². The number of anilines is 1. The number of nitrogens with one attached hydrogen (secondary N) is 2. The normalized spacial score (nSPS) is 19.2. The summed E-state index contributed by atoms with van der Waals surface area (Å²) in [5, 5.41) is 6.26. The van der Waals surface area contributed by atoms with Gasteiger partial charge in [0.25, 0.3) is 11.8 Å². The SMILES string of the molecule is CC(C)(C)c1ccc(C(=O)Nc2cc(C(=O)NC3CCC(N)CC3)ccc2Cl)cc1. The second kappa shape index (κ2) is 9.19. The minimum absolute atomic E-state index is 0.0173. The average molecular weight is 428 g/mol. The Hall–Kier alpha value is -2.37. The molecule has 0 atom stereocenters.